The van der Waals surface area contributed by atoms with Gasteiger partial charge in [0.2, 0.25) is 5.91 Å². The molecular weight excluding hydrogens is 380 g/mol. The number of nitrogens with zero attached hydrogens (tertiary/aromatic N) is 1. The van der Waals surface area contributed by atoms with Crippen LogP contribution in [0.4, 0.5) is 0 Å². The average Bonchev–Trinajstić information content (AvgIpc) is 3.22. The predicted molar refractivity (Wildman–Crippen MR) is 128 cm³/mol. The third-order valence-corrected chi connectivity index (χ3v) is 12.2. The first-order valence-corrected chi connectivity index (χ1v) is 13.0. The third-order valence-electron chi connectivity index (χ3n) is 12.2. The molecule has 4 fully saturated rings. The van der Waals surface area contributed by atoms with Crippen molar-refractivity contribution < 1.29 is 4.79 Å². The lowest BCUT2D eigenvalue weighted by Crippen LogP contribution is -2.58. The number of rotatable bonds is 3. The highest BCUT2D eigenvalue weighted by Crippen LogP contribution is 2.87. The molecule has 0 aromatic carbocycles. The number of carbonyl (C=O) groups excluding carboxylic acids is 1. The maximum atomic E-state index is 11.8. The van der Waals surface area contributed by atoms with Crippen LogP contribution in [0.15, 0.2) is 12.2 Å². The number of nitrogens with one attached hydrogen (secondary N) is 1. The summed E-state index contributed by atoms with van der Waals surface area (Å²) in [5.74, 6) is 2.16. The van der Waals surface area contributed by atoms with Crippen molar-refractivity contribution in [1.29, 1.82) is 0 Å². The molecule has 0 aromatic rings. The Labute approximate surface area is 190 Å². The van der Waals surface area contributed by atoms with Crippen molar-refractivity contribution in [2.45, 2.75) is 98.6 Å². The summed E-state index contributed by atoms with van der Waals surface area (Å²) in [6.07, 6.45) is 15.0. The highest BCUT2D eigenvalue weighted by atomic mass is 16.1. The molecule has 5 aliphatic carbocycles. The lowest BCUT2D eigenvalue weighted by atomic mass is 9.43. The molecule has 0 saturated heterocycles. The average molecular weight is 427 g/mol. The molecule has 1 amide bonds. The molecule has 174 valence electrons. The Balaban J connectivity index is 1.50. The van der Waals surface area contributed by atoms with Crippen molar-refractivity contribution >= 4 is 5.91 Å². The molecule has 3 nitrogen and oxygen atoms in total. The Bertz CT molecular complexity index is 816. The Morgan fingerprint density at radius 2 is 1.58 bits per heavy atom. The highest BCUT2D eigenvalue weighted by Gasteiger charge is 2.81. The Kier molecular flexibility index (Phi) is 4.53. The van der Waals surface area contributed by atoms with Gasteiger partial charge in [0.25, 0.3) is 0 Å². The fourth-order valence-electron chi connectivity index (χ4n) is 10.8. The number of hydrogen-bond donors (Lipinski definition) is 1. The fourth-order valence-corrected chi connectivity index (χ4v) is 10.8. The van der Waals surface area contributed by atoms with E-state index in [-0.39, 0.29) is 11.9 Å². The second kappa shape index (κ2) is 6.39. The van der Waals surface area contributed by atoms with Crippen LogP contribution in [0.2, 0.25) is 0 Å². The van der Waals surface area contributed by atoms with Crippen LogP contribution in [0.25, 0.3) is 0 Å². The molecule has 0 heterocycles. The number of hydrogen-bond acceptors (Lipinski definition) is 2. The van der Waals surface area contributed by atoms with E-state index in [9.17, 15) is 4.79 Å². The van der Waals surface area contributed by atoms with Crippen LogP contribution in [0.3, 0.4) is 0 Å². The molecule has 3 heteroatoms. The van der Waals surface area contributed by atoms with E-state index in [4.69, 9.17) is 0 Å². The van der Waals surface area contributed by atoms with Crippen molar-refractivity contribution in [2.24, 2.45) is 44.8 Å². The van der Waals surface area contributed by atoms with E-state index < -0.39 is 0 Å². The first-order chi connectivity index (χ1) is 14.4. The van der Waals surface area contributed by atoms with Gasteiger partial charge in [-0.2, -0.15) is 0 Å². The maximum Gasteiger partial charge on any atom is 0.217 e. The molecule has 1 N–H and O–H groups in total. The lowest BCUT2D eigenvalue weighted by Gasteiger charge is -2.62. The van der Waals surface area contributed by atoms with Crippen LogP contribution in [-0.2, 0) is 4.79 Å². The van der Waals surface area contributed by atoms with Gasteiger partial charge < -0.3 is 10.2 Å². The van der Waals surface area contributed by atoms with E-state index in [1.54, 1.807) is 6.92 Å². The number of carbonyl (C=O) groups is 1. The fraction of sp³-hybridized carbons (Fsp3) is 0.893. The molecule has 0 bridgehead atoms. The van der Waals surface area contributed by atoms with Gasteiger partial charge in [-0.1, -0.05) is 39.8 Å². The van der Waals surface area contributed by atoms with Crippen LogP contribution < -0.4 is 5.32 Å². The summed E-state index contributed by atoms with van der Waals surface area (Å²) in [5.41, 5.74) is 2.11. The molecule has 4 saturated carbocycles. The smallest absolute Gasteiger partial charge is 0.217 e. The molecule has 5 rings (SSSR count). The minimum absolute atomic E-state index is 0.124. The maximum absolute atomic E-state index is 11.8. The Morgan fingerprint density at radius 1 is 0.935 bits per heavy atom. The van der Waals surface area contributed by atoms with Crippen molar-refractivity contribution in [3.05, 3.63) is 12.2 Å². The molecule has 0 unspecified atom stereocenters. The van der Waals surface area contributed by atoms with Gasteiger partial charge in [0.15, 0.2) is 0 Å². The summed E-state index contributed by atoms with van der Waals surface area (Å²) in [4.78, 5) is 14.3. The number of fused-ring (bicyclic) bond motifs is 2. The van der Waals surface area contributed by atoms with E-state index >= 15 is 0 Å². The van der Waals surface area contributed by atoms with Gasteiger partial charge in [0.05, 0.1) is 0 Å². The van der Waals surface area contributed by atoms with Crippen LogP contribution in [-0.4, -0.2) is 37.0 Å². The summed E-state index contributed by atoms with van der Waals surface area (Å²) in [7, 11) is 4.56. The monoisotopic (exact) mass is 426 g/mol. The normalized spacial score (nSPS) is 52.5. The molecule has 9 atom stereocenters. The predicted octanol–water partition coefficient (Wildman–Crippen LogP) is 5.66. The van der Waals surface area contributed by atoms with Crippen molar-refractivity contribution in [3.63, 3.8) is 0 Å². The van der Waals surface area contributed by atoms with Crippen LogP contribution in [0.1, 0.15) is 86.5 Å². The van der Waals surface area contributed by atoms with Crippen molar-refractivity contribution in [1.82, 2.24) is 10.2 Å². The summed E-state index contributed by atoms with van der Waals surface area (Å²) in [6.45, 7) is 14.2. The van der Waals surface area contributed by atoms with Crippen LogP contribution >= 0.6 is 0 Å². The van der Waals surface area contributed by atoms with Gasteiger partial charge in [0, 0.05) is 19.0 Å². The van der Waals surface area contributed by atoms with Crippen LogP contribution in [0.5, 0.6) is 0 Å². The minimum Gasteiger partial charge on any atom is -0.354 e. The molecule has 5 aliphatic rings. The zero-order chi connectivity index (χ0) is 22.6. The second-order valence-corrected chi connectivity index (χ2v) is 13.6. The van der Waals surface area contributed by atoms with E-state index in [0.29, 0.717) is 39.0 Å². The lowest BCUT2D eigenvalue weighted by molar-refractivity contribution is -0.122. The Hall–Kier alpha value is -0.830. The molecule has 0 aliphatic heterocycles. The zero-order valence-corrected chi connectivity index (χ0v) is 21.3. The SMILES string of the molecule is CC(=O)N[C@@H](C)[C@H]1CC[C@@]2(C)[C@@H]3C=C[C@H]4C(C)(C)[C@@H](N(C)C)CC[C@@]45C[C@@]35CC[C@]12C. The van der Waals surface area contributed by atoms with Crippen molar-refractivity contribution in [2.75, 3.05) is 14.1 Å². The largest absolute Gasteiger partial charge is 0.354 e. The quantitative estimate of drug-likeness (QED) is 0.591. The standard InChI is InChI=1S/C28H46N2O/c1-18(29-19(2)31)20-11-13-26(6)22-10-9-21-24(3,4)23(30(7)8)12-14-27(21)17-28(22,27)16-15-25(20,26)5/h9-10,18,20-23H,11-17H2,1-8H3,(H,29,31)/t18-,20+,21-,22-,23-,25+,26-,27+,28-/m0/s1. The second-order valence-electron chi connectivity index (χ2n) is 13.6. The summed E-state index contributed by atoms with van der Waals surface area (Å²) >= 11 is 0. The van der Waals surface area contributed by atoms with E-state index in [2.05, 4.69) is 71.1 Å². The number of amides is 1. The first-order valence-electron chi connectivity index (χ1n) is 13.0. The van der Waals surface area contributed by atoms with Gasteiger partial charge in [0.1, 0.15) is 0 Å². The van der Waals surface area contributed by atoms with Crippen LogP contribution in [0, 0.1) is 44.8 Å². The highest BCUT2D eigenvalue weighted by molar-refractivity contribution is 5.73. The van der Waals surface area contributed by atoms with Crippen molar-refractivity contribution in [3.8, 4) is 0 Å². The summed E-state index contributed by atoms with van der Waals surface area (Å²) in [6, 6.07) is 0.960. The zero-order valence-electron chi connectivity index (χ0n) is 21.3. The molecule has 0 radical (unpaired) electrons. The minimum atomic E-state index is 0.124. The molecule has 31 heavy (non-hydrogen) atoms. The third kappa shape index (κ3) is 2.48. The van der Waals surface area contributed by atoms with Gasteiger partial charge in [-0.25, -0.2) is 0 Å². The van der Waals surface area contributed by atoms with E-state index in [1.165, 1.54) is 44.9 Å². The summed E-state index contributed by atoms with van der Waals surface area (Å²) < 4.78 is 0. The topological polar surface area (TPSA) is 32.3 Å². The number of allylic oxidation sites excluding steroid dienone is 2. The van der Waals surface area contributed by atoms with Gasteiger partial charge >= 0.3 is 0 Å². The van der Waals surface area contributed by atoms with Gasteiger partial charge in [-0.15, -0.1) is 0 Å². The van der Waals surface area contributed by atoms with Gasteiger partial charge in [-0.3, -0.25) is 4.79 Å². The van der Waals surface area contributed by atoms with E-state index in [0.717, 1.165) is 11.8 Å². The first kappa shape index (κ1) is 22.0. The summed E-state index contributed by atoms with van der Waals surface area (Å²) in [5, 5.41) is 3.26. The molecule has 2 spiro atoms. The van der Waals surface area contributed by atoms with E-state index in [1.807, 2.05) is 0 Å². The Morgan fingerprint density at radius 3 is 2.23 bits per heavy atom. The molecular formula is C28H46N2O. The molecule has 0 aromatic heterocycles. The van der Waals surface area contributed by atoms with Gasteiger partial charge in [-0.05, 0) is 111 Å².